The Labute approximate surface area is 178 Å². The number of rotatable bonds is 10. The molecule has 0 amide bonds. The Kier molecular flexibility index (Phi) is 12.5. The first kappa shape index (κ1) is 30.0. The van der Waals surface area contributed by atoms with Crippen LogP contribution in [-0.2, 0) is 19.2 Å². The molecule has 0 bridgehead atoms. The van der Waals surface area contributed by atoms with Crippen LogP contribution in [0.3, 0.4) is 0 Å². The quantitative estimate of drug-likeness (QED) is 0.401. The maximum atomic E-state index is 11.6. The zero-order valence-electron chi connectivity index (χ0n) is 19.3. The first-order valence-electron chi connectivity index (χ1n) is 9.72. The molecule has 0 heterocycles. The molecule has 0 radical (unpaired) electrons. The molecule has 2 atom stereocenters. The number of nitrogens with zero attached hydrogens (tertiary/aromatic N) is 2. The van der Waals surface area contributed by atoms with Gasteiger partial charge in [-0.25, -0.2) is 0 Å². The van der Waals surface area contributed by atoms with Crippen molar-refractivity contribution < 1.29 is 39.6 Å². The van der Waals surface area contributed by atoms with Gasteiger partial charge in [-0.15, -0.1) is 0 Å². The van der Waals surface area contributed by atoms with Crippen molar-refractivity contribution in [3.63, 3.8) is 0 Å². The highest BCUT2D eigenvalue weighted by molar-refractivity contribution is 5.80. The number of hydrogen-bond donors (Lipinski definition) is 4. The van der Waals surface area contributed by atoms with Crippen molar-refractivity contribution in [2.75, 3.05) is 13.1 Å². The average Bonchev–Trinajstić information content (AvgIpc) is 2.49. The third-order valence-electron chi connectivity index (χ3n) is 4.38. The maximum absolute atomic E-state index is 11.6. The van der Waals surface area contributed by atoms with Gasteiger partial charge in [0, 0.05) is 31.1 Å². The van der Waals surface area contributed by atoms with Gasteiger partial charge in [0.2, 0.25) is 0 Å². The van der Waals surface area contributed by atoms with E-state index in [9.17, 15) is 24.6 Å². The van der Waals surface area contributed by atoms with E-state index in [-0.39, 0.29) is 5.54 Å². The third kappa shape index (κ3) is 12.4. The van der Waals surface area contributed by atoms with Crippen LogP contribution >= 0.6 is 0 Å². The fraction of sp³-hybridized carbons (Fsp3) is 0.800. The first-order valence-corrected chi connectivity index (χ1v) is 9.72. The van der Waals surface area contributed by atoms with Crippen molar-refractivity contribution in [2.45, 2.75) is 91.4 Å². The van der Waals surface area contributed by atoms with Crippen LogP contribution in [0.1, 0.15) is 68.2 Å². The zero-order valence-corrected chi connectivity index (χ0v) is 19.3. The highest BCUT2D eigenvalue weighted by Crippen LogP contribution is 2.22. The van der Waals surface area contributed by atoms with Crippen molar-refractivity contribution >= 4 is 23.9 Å². The van der Waals surface area contributed by atoms with Crippen LogP contribution < -0.4 is 0 Å². The summed E-state index contributed by atoms with van der Waals surface area (Å²) in [6.07, 6.45) is 0.0384. The molecule has 176 valence electrons. The van der Waals surface area contributed by atoms with Crippen LogP contribution in [-0.4, -0.2) is 90.4 Å². The number of hydrogen-bond acceptors (Lipinski definition) is 6. The van der Waals surface area contributed by atoms with E-state index in [2.05, 4.69) is 0 Å². The molecule has 0 spiro atoms. The lowest BCUT2D eigenvalue weighted by Gasteiger charge is -2.42. The minimum absolute atomic E-state index is 0.354. The van der Waals surface area contributed by atoms with Gasteiger partial charge < -0.3 is 20.4 Å². The summed E-state index contributed by atoms with van der Waals surface area (Å²) in [7, 11) is 0. The molecule has 0 aromatic rings. The summed E-state index contributed by atoms with van der Waals surface area (Å²) in [6.45, 7) is 14.8. The second-order valence-corrected chi connectivity index (χ2v) is 9.07. The molecule has 10 heteroatoms. The van der Waals surface area contributed by atoms with Crippen molar-refractivity contribution in [1.82, 2.24) is 9.80 Å². The molecular formula is C20H38N2O8. The molecule has 0 aliphatic heterocycles. The van der Waals surface area contributed by atoms with Gasteiger partial charge in [-0.05, 0) is 54.9 Å². The van der Waals surface area contributed by atoms with Gasteiger partial charge in [-0.3, -0.25) is 29.0 Å². The Morgan fingerprint density at radius 3 is 1.40 bits per heavy atom. The summed E-state index contributed by atoms with van der Waals surface area (Å²) >= 11 is 0. The number of aliphatic carboxylic acids is 4. The van der Waals surface area contributed by atoms with Crippen LogP contribution in [0.2, 0.25) is 0 Å². The smallest absolute Gasteiger partial charge is 0.321 e. The largest absolute Gasteiger partial charge is 0.481 e. The lowest BCUT2D eigenvalue weighted by molar-refractivity contribution is -0.152. The summed E-state index contributed by atoms with van der Waals surface area (Å²) in [5.74, 6) is -4.08. The highest BCUT2D eigenvalue weighted by Gasteiger charge is 2.36. The van der Waals surface area contributed by atoms with Gasteiger partial charge in [-0.1, -0.05) is 0 Å². The monoisotopic (exact) mass is 434 g/mol. The van der Waals surface area contributed by atoms with E-state index < -0.39 is 47.9 Å². The minimum atomic E-state index is -1.17. The number of carbonyl (C=O) groups is 4. The molecule has 0 saturated heterocycles. The lowest BCUT2D eigenvalue weighted by atomic mass is 9.99. The molecule has 10 nitrogen and oxygen atoms in total. The van der Waals surface area contributed by atoms with Crippen LogP contribution in [0.15, 0.2) is 0 Å². The standard InChI is InChI=1S/C18H34N2O6.C2H4O2/c1-12(15(23)24)19(17(2,3)4)9-8-10-20(18(5,6)7)13(16(25)26)11-14(21)22;1-2(3)4/h12-13H,8-11H2,1-7H3,(H,21,22)(H,23,24)(H,25,26);1H3,(H,3,4). The van der Waals surface area contributed by atoms with Crippen molar-refractivity contribution in [2.24, 2.45) is 0 Å². The molecule has 0 aromatic heterocycles. The summed E-state index contributed by atoms with van der Waals surface area (Å²) in [4.78, 5) is 46.5. The number of carboxylic acids is 4. The fourth-order valence-corrected chi connectivity index (χ4v) is 3.11. The van der Waals surface area contributed by atoms with Gasteiger partial charge in [0.1, 0.15) is 12.1 Å². The summed E-state index contributed by atoms with van der Waals surface area (Å²) in [5.41, 5.74) is -0.902. The molecule has 0 aromatic carbocycles. The van der Waals surface area contributed by atoms with Gasteiger partial charge in [0.25, 0.3) is 5.97 Å². The van der Waals surface area contributed by atoms with E-state index >= 15 is 0 Å². The molecule has 0 rings (SSSR count). The molecule has 4 N–H and O–H groups in total. The lowest BCUT2D eigenvalue weighted by Crippen LogP contribution is -2.54. The molecule has 0 fully saturated rings. The molecule has 2 unspecified atom stereocenters. The van der Waals surface area contributed by atoms with Crippen molar-refractivity contribution in [3.8, 4) is 0 Å². The first-order chi connectivity index (χ1) is 13.3. The SMILES string of the molecule is CC(=O)O.CC(C(=O)O)N(CCCN(C(CC(=O)O)C(=O)O)C(C)(C)C)C(C)(C)C. The second kappa shape index (κ2) is 12.5. The van der Waals surface area contributed by atoms with E-state index in [0.717, 1.165) is 6.92 Å². The van der Waals surface area contributed by atoms with Crippen molar-refractivity contribution in [1.29, 1.82) is 0 Å². The topological polar surface area (TPSA) is 156 Å². The number of carboxylic acid groups (broad SMARTS) is 4. The minimum Gasteiger partial charge on any atom is -0.481 e. The van der Waals surface area contributed by atoms with Crippen LogP contribution in [0.25, 0.3) is 0 Å². The predicted octanol–water partition coefficient (Wildman–Crippen LogP) is 2.07. The Balaban J connectivity index is 0. The van der Waals surface area contributed by atoms with E-state index in [0.29, 0.717) is 19.5 Å². The predicted molar refractivity (Wildman–Crippen MR) is 112 cm³/mol. The maximum Gasteiger partial charge on any atom is 0.321 e. The molecule has 30 heavy (non-hydrogen) atoms. The summed E-state index contributed by atoms with van der Waals surface area (Å²) < 4.78 is 0. The Bertz CT molecular complexity index is 589. The van der Waals surface area contributed by atoms with E-state index in [4.69, 9.17) is 15.0 Å². The molecule has 0 aliphatic rings. The normalized spacial score (nSPS) is 13.9. The molecule has 0 aliphatic carbocycles. The zero-order chi connectivity index (χ0) is 24.4. The highest BCUT2D eigenvalue weighted by atomic mass is 16.4. The molecule has 0 saturated carbocycles. The van der Waals surface area contributed by atoms with E-state index in [1.54, 1.807) is 11.8 Å². The van der Waals surface area contributed by atoms with Gasteiger partial charge in [-0.2, -0.15) is 0 Å². The van der Waals surface area contributed by atoms with E-state index in [1.807, 2.05) is 46.4 Å². The van der Waals surface area contributed by atoms with Gasteiger partial charge >= 0.3 is 17.9 Å². The van der Waals surface area contributed by atoms with Crippen molar-refractivity contribution in [3.05, 3.63) is 0 Å². The van der Waals surface area contributed by atoms with Gasteiger partial charge in [0.15, 0.2) is 0 Å². The van der Waals surface area contributed by atoms with Gasteiger partial charge in [0.05, 0.1) is 6.42 Å². The molecular weight excluding hydrogens is 396 g/mol. The Morgan fingerprint density at radius 2 is 1.13 bits per heavy atom. The average molecular weight is 435 g/mol. The summed E-state index contributed by atoms with van der Waals surface area (Å²) in [6, 6.07) is -1.81. The Hall–Kier alpha value is -2.20. The summed E-state index contributed by atoms with van der Waals surface area (Å²) in [5, 5.41) is 35.2. The Morgan fingerprint density at radius 1 is 0.767 bits per heavy atom. The van der Waals surface area contributed by atoms with Crippen LogP contribution in [0.4, 0.5) is 0 Å². The van der Waals surface area contributed by atoms with E-state index in [1.165, 1.54) is 0 Å². The fourth-order valence-electron chi connectivity index (χ4n) is 3.11. The second-order valence-electron chi connectivity index (χ2n) is 9.07. The van der Waals surface area contributed by atoms with Crippen LogP contribution in [0.5, 0.6) is 0 Å². The van der Waals surface area contributed by atoms with Crippen LogP contribution in [0, 0.1) is 0 Å². The third-order valence-corrected chi connectivity index (χ3v) is 4.38.